The Kier molecular flexibility index (Phi) is 4.95. The number of anilines is 1. The van der Waals surface area contributed by atoms with Crippen LogP contribution in [0.3, 0.4) is 0 Å². The van der Waals surface area contributed by atoms with Gasteiger partial charge in [0.05, 0.1) is 9.26 Å². The van der Waals surface area contributed by atoms with Gasteiger partial charge in [0.1, 0.15) is 11.6 Å². The zero-order chi connectivity index (χ0) is 12.3. The van der Waals surface area contributed by atoms with E-state index < -0.39 is 0 Å². The summed E-state index contributed by atoms with van der Waals surface area (Å²) in [5.41, 5.74) is 6.98. The van der Waals surface area contributed by atoms with Crippen LogP contribution in [-0.2, 0) is 6.42 Å². The molecule has 0 atom stereocenters. The summed E-state index contributed by atoms with van der Waals surface area (Å²) < 4.78 is 1.00. The number of aromatic nitrogens is 2. The molecular formula is C12H20IN3. The molecule has 0 spiro atoms. The zero-order valence-electron chi connectivity index (χ0n) is 10.4. The van der Waals surface area contributed by atoms with Crippen LogP contribution in [0.25, 0.3) is 0 Å². The highest BCUT2D eigenvalue weighted by atomic mass is 127. The van der Waals surface area contributed by atoms with Gasteiger partial charge >= 0.3 is 0 Å². The number of aryl methyl sites for hydroxylation is 1. The summed E-state index contributed by atoms with van der Waals surface area (Å²) in [6, 6.07) is 0. The van der Waals surface area contributed by atoms with E-state index in [0.29, 0.717) is 17.7 Å². The molecule has 0 amide bonds. The Morgan fingerprint density at radius 3 is 2.31 bits per heavy atom. The predicted octanol–water partition coefficient (Wildman–Crippen LogP) is 3.38. The Labute approximate surface area is 111 Å². The van der Waals surface area contributed by atoms with Crippen LogP contribution in [0.5, 0.6) is 0 Å². The summed E-state index contributed by atoms with van der Waals surface area (Å²) >= 11 is 2.23. The van der Waals surface area contributed by atoms with Gasteiger partial charge in [-0.15, -0.1) is 0 Å². The van der Waals surface area contributed by atoms with Crippen LogP contribution >= 0.6 is 22.6 Å². The van der Waals surface area contributed by atoms with Crippen molar-refractivity contribution in [3.05, 3.63) is 15.1 Å². The minimum absolute atomic E-state index is 0.398. The smallest absolute Gasteiger partial charge is 0.140 e. The molecule has 0 aliphatic carbocycles. The first kappa shape index (κ1) is 13.7. The quantitative estimate of drug-likeness (QED) is 0.860. The largest absolute Gasteiger partial charge is 0.383 e. The first-order chi connectivity index (χ1) is 7.41. The van der Waals surface area contributed by atoms with E-state index in [0.717, 1.165) is 27.9 Å². The molecule has 16 heavy (non-hydrogen) atoms. The number of nitrogens with two attached hydrogens (primary N) is 1. The minimum Gasteiger partial charge on any atom is -0.383 e. The van der Waals surface area contributed by atoms with Gasteiger partial charge in [-0.05, 0) is 40.8 Å². The maximum atomic E-state index is 5.91. The average molecular weight is 333 g/mol. The topological polar surface area (TPSA) is 51.8 Å². The van der Waals surface area contributed by atoms with Crippen LogP contribution in [0.4, 0.5) is 5.82 Å². The highest BCUT2D eigenvalue weighted by Crippen LogP contribution is 2.23. The number of hydrogen-bond acceptors (Lipinski definition) is 3. The predicted molar refractivity (Wildman–Crippen MR) is 76.4 cm³/mol. The molecule has 0 aliphatic heterocycles. The summed E-state index contributed by atoms with van der Waals surface area (Å²) in [4.78, 5) is 8.95. The number of halogens is 1. The third-order valence-corrected chi connectivity index (χ3v) is 3.55. The molecule has 0 unspecified atom stereocenters. The van der Waals surface area contributed by atoms with Crippen molar-refractivity contribution in [3.63, 3.8) is 0 Å². The zero-order valence-corrected chi connectivity index (χ0v) is 12.6. The molecule has 0 aliphatic rings. The SMILES string of the molecule is CC(C)CCc1nc(N)c(I)c(C(C)C)n1. The monoisotopic (exact) mass is 333 g/mol. The van der Waals surface area contributed by atoms with Crippen LogP contribution in [0.2, 0.25) is 0 Å². The van der Waals surface area contributed by atoms with E-state index in [9.17, 15) is 0 Å². The molecule has 0 saturated carbocycles. The second kappa shape index (κ2) is 5.80. The summed E-state index contributed by atoms with van der Waals surface area (Å²) in [6.45, 7) is 8.69. The fraction of sp³-hybridized carbons (Fsp3) is 0.667. The van der Waals surface area contributed by atoms with Gasteiger partial charge in [-0.1, -0.05) is 27.7 Å². The van der Waals surface area contributed by atoms with Crippen LogP contribution in [0.1, 0.15) is 51.6 Å². The molecule has 0 saturated heterocycles. The molecule has 90 valence electrons. The summed E-state index contributed by atoms with van der Waals surface area (Å²) in [7, 11) is 0. The Balaban J connectivity index is 2.95. The number of nitrogen functional groups attached to an aromatic ring is 1. The van der Waals surface area contributed by atoms with Crippen LogP contribution < -0.4 is 5.73 Å². The number of rotatable bonds is 4. The number of hydrogen-bond donors (Lipinski definition) is 1. The third-order valence-electron chi connectivity index (χ3n) is 2.44. The van der Waals surface area contributed by atoms with Crippen molar-refractivity contribution >= 4 is 28.4 Å². The van der Waals surface area contributed by atoms with Crippen molar-refractivity contribution in [3.8, 4) is 0 Å². The fourth-order valence-corrected chi connectivity index (χ4v) is 2.31. The molecule has 0 bridgehead atoms. The van der Waals surface area contributed by atoms with Crippen molar-refractivity contribution < 1.29 is 0 Å². The van der Waals surface area contributed by atoms with Gasteiger partial charge in [0, 0.05) is 6.42 Å². The molecule has 1 rings (SSSR count). The maximum absolute atomic E-state index is 5.91. The van der Waals surface area contributed by atoms with Crippen molar-refractivity contribution in [2.24, 2.45) is 5.92 Å². The van der Waals surface area contributed by atoms with Crippen molar-refractivity contribution in [2.45, 2.75) is 46.5 Å². The molecule has 0 aromatic carbocycles. The standard InChI is InChI=1S/C12H20IN3/c1-7(2)5-6-9-15-11(8(3)4)10(13)12(14)16-9/h7-8H,5-6H2,1-4H3,(H2,14,15,16). The van der Waals surface area contributed by atoms with E-state index in [4.69, 9.17) is 5.73 Å². The third kappa shape index (κ3) is 3.57. The molecule has 3 nitrogen and oxygen atoms in total. The Morgan fingerprint density at radius 2 is 1.81 bits per heavy atom. The highest BCUT2D eigenvalue weighted by molar-refractivity contribution is 14.1. The first-order valence-corrected chi connectivity index (χ1v) is 6.81. The molecule has 1 heterocycles. The van der Waals surface area contributed by atoms with Crippen molar-refractivity contribution in [2.75, 3.05) is 5.73 Å². The average Bonchev–Trinajstić information content (AvgIpc) is 2.19. The van der Waals surface area contributed by atoms with Gasteiger partial charge in [0.2, 0.25) is 0 Å². The Bertz CT molecular complexity index is 362. The molecule has 0 fully saturated rings. The van der Waals surface area contributed by atoms with Gasteiger partial charge in [-0.2, -0.15) is 0 Å². The summed E-state index contributed by atoms with van der Waals surface area (Å²) in [5, 5.41) is 0. The van der Waals surface area contributed by atoms with Crippen LogP contribution in [-0.4, -0.2) is 9.97 Å². The van der Waals surface area contributed by atoms with Crippen LogP contribution in [0, 0.1) is 9.49 Å². The molecule has 1 aromatic heterocycles. The van der Waals surface area contributed by atoms with Gasteiger partial charge < -0.3 is 5.73 Å². The Morgan fingerprint density at radius 1 is 1.19 bits per heavy atom. The highest BCUT2D eigenvalue weighted by Gasteiger charge is 2.12. The molecular weight excluding hydrogens is 313 g/mol. The lowest BCUT2D eigenvalue weighted by Crippen LogP contribution is -2.09. The summed E-state index contributed by atoms with van der Waals surface area (Å²) in [6.07, 6.45) is 2.02. The van der Waals surface area contributed by atoms with E-state index in [1.807, 2.05) is 0 Å². The van der Waals surface area contributed by atoms with E-state index in [1.165, 1.54) is 0 Å². The van der Waals surface area contributed by atoms with Gasteiger partial charge in [0.15, 0.2) is 0 Å². The first-order valence-electron chi connectivity index (χ1n) is 5.73. The van der Waals surface area contributed by atoms with Gasteiger partial charge in [-0.25, -0.2) is 9.97 Å². The van der Waals surface area contributed by atoms with Gasteiger partial charge in [0.25, 0.3) is 0 Å². The second-order valence-corrected chi connectivity index (χ2v) is 5.89. The lowest BCUT2D eigenvalue weighted by molar-refractivity contribution is 0.572. The number of nitrogens with zero attached hydrogens (tertiary/aromatic N) is 2. The van der Waals surface area contributed by atoms with Crippen LogP contribution in [0.15, 0.2) is 0 Å². The normalized spacial score (nSPS) is 11.4. The van der Waals surface area contributed by atoms with E-state index in [1.54, 1.807) is 0 Å². The lowest BCUT2D eigenvalue weighted by Gasteiger charge is -2.12. The molecule has 2 N–H and O–H groups in total. The van der Waals surface area contributed by atoms with Crippen molar-refractivity contribution in [1.82, 2.24) is 9.97 Å². The van der Waals surface area contributed by atoms with Gasteiger partial charge in [-0.3, -0.25) is 0 Å². The minimum atomic E-state index is 0.398. The van der Waals surface area contributed by atoms with E-state index in [-0.39, 0.29) is 0 Å². The molecule has 1 aromatic rings. The maximum Gasteiger partial charge on any atom is 0.140 e. The Hall–Kier alpha value is -0.390. The van der Waals surface area contributed by atoms with Crippen molar-refractivity contribution in [1.29, 1.82) is 0 Å². The molecule has 4 heteroatoms. The molecule has 0 radical (unpaired) electrons. The fourth-order valence-electron chi connectivity index (χ4n) is 1.44. The lowest BCUT2D eigenvalue weighted by atomic mass is 10.1. The van der Waals surface area contributed by atoms with E-state index in [2.05, 4.69) is 60.3 Å². The van der Waals surface area contributed by atoms with E-state index >= 15 is 0 Å². The summed E-state index contributed by atoms with van der Waals surface area (Å²) in [5.74, 6) is 2.58. The second-order valence-electron chi connectivity index (χ2n) is 4.81.